The predicted molar refractivity (Wildman–Crippen MR) is 157 cm³/mol. The largest absolute Gasteiger partial charge is 0.480 e. The molecule has 5 amide bonds. The SMILES string of the molecule is CC[C@H](C)[C@H](N)C(=O)NCC(=O)N[C@@H](CCSC)C(=O)N[C@@H](C)C(=O)N1CCC[C@H]1C(=O)N[C@H](C(=O)O)[C@@H](C)CC. The topological polar surface area (TPSA) is 200 Å². The number of hydrogen-bond acceptors (Lipinski definition) is 8. The fourth-order valence-corrected chi connectivity index (χ4v) is 4.88. The van der Waals surface area contributed by atoms with Crippen LogP contribution in [0.3, 0.4) is 0 Å². The highest BCUT2D eigenvalue weighted by Crippen LogP contribution is 2.20. The maximum absolute atomic E-state index is 13.2. The molecule has 14 heteroatoms. The first-order valence-corrected chi connectivity index (χ1v) is 15.6. The molecule has 1 fully saturated rings. The Bertz CT molecular complexity index is 936. The van der Waals surface area contributed by atoms with Gasteiger partial charge in [-0.05, 0) is 50.0 Å². The second-order valence-electron chi connectivity index (χ2n) is 10.7. The van der Waals surface area contributed by atoms with Crippen LogP contribution >= 0.6 is 11.8 Å². The van der Waals surface area contributed by atoms with Crippen LogP contribution in [0.5, 0.6) is 0 Å². The van der Waals surface area contributed by atoms with E-state index in [1.807, 2.05) is 27.0 Å². The number of carbonyl (C=O) groups excluding carboxylic acids is 5. The number of aliphatic carboxylic acids is 1. The number of carbonyl (C=O) groups is 6. The summed E-state index contributed by atoms with van der Waals surface area (Å²) in [4.78, 5) is 77.0. The highest BCUT2D eigenvalue weighted by atomic mass is 32.2. The van der Waals surface area contributed by atoms with Crippen LogP contribution in [0.25, 0.3) is 0 Å². The Morgan fingerprint density at radius 1 is 0.976 bits per heavy atom. The minimum absolute atomic E-state index is 0.0584. The van der Waals surface area contributed by atoms with Crippen molar-refractivity contribution in [1.82, 2.24) is 26.2 Å². The normalized spacial score (nSPS) is 19.2. The van der Waals surface area contributed by atoms with E-state index in [9.17, 15) is 33.9 Å². The van der Waals surface area contributed by atoms with Crippen molar-refractivity contribution in [3.63, 3.8) is 0 Å². The van der Waals surface area contributed by atoms with Crippen LogP contribution in [0.4, 0.5) is 0 Å². The lowest BCUT2D eigenvalue weighted by molar-refractivity contribution is -0.145. The van der Waals surface area contributed by atoms with Crippen molar-refractivity contribution in [3.05, 3.63) is 0 Å². The number of nitrogens with two attached hydrogens (primary N) is 1. The molecular weight excluding hydrogens is 552 g/mol. The summed E-state index contributed by atoms with van der Waals surface area (Å²) in [7, 11) is 0. The molecule has 234 valence electrons. The lowest BCUT2D eigenvalue weighted by Gasteiger charge is -2.29. The van der Waals surface area contributed by atoms with E-state index >= 15 is 0 Å². The first kappa shape index (κ1) is 36.2. The van der Waals surface area contributed by atoms with Crippen LogP contribution in [0.15, 0.2) is 0 Å². The molecule has 0 radical (unpaired) electrons. The van der Waals surface area contributed by atoms with E-state index in [-0.39, 0.29) is 18.4 Å². The van der Waals surface area contributed by atoms with Crippen molar-refractivity contribution in [2.45, 2.75) is 96.9 Å². The van der Waals surface area contributed by atoms with Gasteiger partial charge in [-0.3, -0.25) is 24.0 Å². The van der Waals surface area contributed by atoms with Crippen molar-refractivity contribution >= 4 is 47.3 Å². The standard InChI is InChI=1S/C27H48N6O7S/c1-7-15(3)21(28)25(37)29-14-20(34)31-18(11-13-41-6)23(35)30-17(5)26(38)33-12-9-10-19(33)24(36)32-22(27(39)40)16(4)8-2/h15-19,21-22H,7-14,28H2,1-6H3,(H,29,37)(H,30,35)(H,31,34)(H,32,36)(H,39,40)/t15-,16-,17-,18-,19-,21-,22-/m0/s1. The molecule has 0 unspecified atom stereocenters. The fraction of sp³-hybridized carbons (Fsp3) is 0.778. The zero-order valence-corrected chi connectivity index (χ0v) is 25.8. The molecule has 0 spiro atoms. The van der Waals surface area contributed by atoms with Gasteiger partial charge in [0.25, 0.3) is 0 Å². The van der Waals surface area contributed by atoms with E-state index in [2.05, 4.69) is 21.3 Å². The monoisotopic (exact) mass is 600 g/mol. The number of hydrogen-bond donors (Lipinski definition) is 6. The van der Waals surface area contributed by atoms with Crippen LogP contribution in [0, 0.1) is 11.8 Å². The third kappa shape index (κ3) is 11.1. The third-order valence-electron chi connectivity index (χ3n) is 7.59. The first-order valence-electron chi connectivity index (χ1n) is 14.2. The summed E-state index contributed by atoms with van der Waals surface area (Å²) in [6, 6.07) is -4.61. The van der Waals surface area contributed by atoms with E-state index in [1.54, 1.807) is 6.92 Å². The molecular formula is C27H48N6O7S. The van der Waals surface area contributed by atoms with Gasteiger partial charge >= 0.3 is 5.97 Å². The number of carboxylic acid groups (broad SMARTS) is 1. The highest BCUT2D eigenvalue weighted by Gasteiger charge is 2.39. The first-order chi connectivity index (χ1) is 19.3. The number of amides is 5. The molecule has 41 heavy (non-hydrogen) atoms. The van der Waals surface area contributed by atoms with E-state index < -0.39 is 65.7 Å². The molecule has 0 aromatic rings. The number of likely N-dealkylation sites (tertiary alicyclic amines) is 1. The highest BCUT2D eigenvalue weighted by molar-refractivity contribution is 7.98. The summed E-state index contributed by atoms with van der Waals surface area (Å²) in [6.45, 7) is 8.75. The number of rotatable bonds is 17. The maximum atomic E-state index is 13.2. The molecule has 0 aromatic heterocycles. The van der Waals surface area contributed by atoms with Crippen LogP contribution < -0.4 is 27.0 Å². The molecule has 7 N–H and O–H groups in total. The van der Waals surface area contributed by atoms with Crippen LogP contribution in [0.1, 0.15) is 66.7 Å². The minimum Gasteiger partial charge on any atom is -0.480 e. The van der Waals surface area contributed by atoms with Crippen molar-refractivity contribution in [3.8, 4) is 0 Å². The van der Waals surface area contributed by atoms with E-state index in [0.29, 0.717) is 44.4 Å². The maximum Gasteiger partial charge on any atom is 0.326 e. The van der Waals surface area contributed by atoms with Crippen molar-refractivity contribution in [1.29, 1.82) is 0 Å². The number of carboxylic acids is 1. The van der Waals surface area contributed by atoms with Gasteiger partial charge in [0.1, 0.15) is 24.2 Å². The molecule has 7 atom stereocenters. The molecule has 1 aliphatic rings. The Morgan fingerprint density at radius 3 is 2.17 bits per heavy atom. The van der Waals surface area contributed by atoms with Crippen LogP contribution in [-0.4, -0.2) is 101 Å². The van der Waals surface area contributed by atoms with Gasteiger partial charge in [0.15, 0.2) is 0 Å². The van der Waals surface area contributed by atoms with Crippen LogP contribution in [-0.2, 0) is 28.8 Å². The predicted octanol–water partition coefficient (Wildman–Crippen LogP) is -0.175. The van der Waals surface area contributed by atoms with E-state index in [4.69, 9.17) is 5.73 Å². The van der Waals surface area contributed by atoms with Gasteiger partial charge in [0, 0.05) is 6.54 Å². The molecule has 0 aromatic carbocycles. The van der Waals surface area contributed by atoms with Gasteiger partial charge in [0.05, 0.1) is 12.6 Å². The van der Waals surface area contributed by atoms with Gasteiger partial charge in [0.2, 0.25) is 29.5 Å². The second-order valence-corrected chi connectivity index (χ2v) is 11.6. The Kier molecular flexibility index (Phi) is 15.7. The summed E-state index contributed by atoms with van der Waals surface area (Å²) < 4.78 is 0. The fourth-order valence-electron chi connectivity index (χ4n) is 4.41. The number of thioether (sulfide) groups is 1. The Labute approximate surface area is 246 Å². The summed E-state index contributed by atoms with van der Waals surface area (Å²) in [5, 5.41) is 19.8. The summed E-state index contributed by atoms with van der Waals surface area (Å²) in [5.41, 5.74) is 5.89. The zero-order valence-electron chi connectivity index (χ0n) is 25.0. The average molecular weight is 601 g/mol. The number of nitrogens with zero attached hydrogens (tertiary/aromatic N) is 1. The van der Waals surface area contributed by atoms with E-state index in [0.717, 1.165) is 0 Å². The third-order valence-corrected chi connectivity index (χ3v) is 8.23. The summed E-state index contributed by atoms with van der Waals surface area (Å²) >= 11 is 1.48. The molecule has 0 saturated carbocycles. The second kappa shape index (κ2) is 17.8. The van der Waals surface area contributed by atoms with E-state index in [1.165, 1.54) is 23.6 Å². The zero-order chi connectivity index (χ0) is 31.3. The van der Waals surface area contributed by atoms with Gasteiger partial charge < -0.3 is 37.0 Å². The molecule has 13 nitrogen and oxygen atoms in total. The number of nitrogens with one attached hydrogen (secondary N) is 4. The molecule has 0 aliphatic carbocycles. The Hall–Kier alpha value is -2.87. The summed E-state index contributed by atoms with van der Waals surface area (Å²) in [6.07, 6.45) is 4.35. The molecule has 0 bridgehead atoms. The van der Waals surface area contributed by atoms with Crippen molar-refractivity contribution < 1.29 is 33.9 Å². The lowest BCUT2D eigenvalue weighted by atomic mass is 9.98. The molecule has 1 aliphatic heterocycles. The van der Waals surface area contributed by atoms with Crippen molar-refractivity contribution in [2.24, 2.45) is 17.6 Å². The van der Waals surface area contributed by atoms with Gasteiger partial charge in [-0.15, -0.1) is 0 Å². The molecule has 1 heterocycles. The Balaban J connectivity index is 2.82. The smallest absolute Gasteiger partial charge is 0.326 e. The quantitative estimate of drug-likeness (QED) is 0.131. The lowest BCUT2D eigenvalue weighted by Crippen LogP contribution is -2.57. The summed E-state index contributed by atoms with van der Waals surface area (Å²) in [5.74, 6) is -3.55. The molecule has 1 saturated heterocycles. The van der Waals surface area contributed by atoms with Crippen LogP contribution in [0.2, 0.25) is 0 Å². The van der Waals surface area contributed by atoms with Crippen molar-refractivity contribution in [2.75, 3.05) is 25.1 Å². The minimum atomic E-state index is -1.14. The van der Waals surface area contributed by atoms with Gasteiger partial charge in [-0.1, -0.05) is 40.5 Å². The Morgan fingerprint density at radius 2 is 1.61 bits per heavy atom. The molecule has 1 rings (SSSR count). The van der Waals surface area contributed by atoms with Gasteiger partial charge in [-0.25, -0.2) is 4.79 Å². The average Bonchev–Trinajstić information content (AvgIpc) is 3.44. The van der Waals surface area contributed by atoms with Gasteiger partial charge in [-0.2, -0.15) is 11.8 Å².